The molecule has 0 aliphatic heterocycles. The minimum Gasteiger partial charge on any atom is -0.356 e. The van der Waals surface area contributed by atoms with Crippen molar-refractivity contribution < 1.29 is 18.8 Å². The normalized spacial score (nSPS) is 16.6. The van der Waals surface area contributed by atoms with Crippen LogP contribution in [0.3, 0.4) is 0 Å². The molecule has 27 heavy (non-hydrogen) atoms. The molecule has 5 nitrogen and oxygen atoms in total. The number of carbonyl (C=O) groups excluding carboxylic acids is 3. The number of ketones is 1. The molecule has 0 heterocycles. The highest BCUT2D eigenvalue weighted by Crippen LogP contribution is 2.37. The number of halogens is 2. The molecule has 2 rings (SSSR count). The van der Waals surface area contributed by atoms with E-state index in [4.69, 9.17) is 11.6 Å². The van der Waals surface area contributed by atoms with Gasteiger partial charge in [-0.3, -0.25) is 9.59 Å². The standard InChI is InChI=1S/C20H26ClFN2O3/c1-12(25)9-16(11-23-13(2)26)20(27)24-19(14-5-3-4-6-14)15-7-8-18(22)17(21)10-15/h7-8,10,14,16,19H,3-6,9,11H2,1-2H3,(H,23,26)(H,24,27)/t16-,19+/m1/s1. The molecule has 148 valence electrons. The van der Waals surface area contributed by atoms with Crippen LogP contribution in [0.2, 0.25) is 5.02 Å². The first-order chi connectivity index (χ1) is 12.8. The van der Waals surface area contributed by atoms with Crippen LogP contribution in [0.25, 0.3) is 0 Å². The van der Waals surface area contributed by atoms with Gasteiger partial charge in [0.1, 0.15) is 11.6 Å². The molecule has 2 N–H and O–H groups in total. The van der Waals surface area contributed by atoms with Gasteiger partial charge in [-0.2, -0.15) is 0 Å². The van der Waals surface area contributed by atoms with E-state index in [1.165, 1.54) is 19.9 Å². The van der Waals surface area contributed by atoms with E-state index in [9.17, 15) is 18.8 Å². The van der Waals surface area contributed by atoms with Crippen molar-refractivity contribution >= 4 is 29.2 Å². The molecule has 1 aromatic rings. The molecule has 1 fully saturated rings. The molecule has 0 saturated heterocycles. The van der Waals surface area contributed by atoms with E-state index in [0.717, 1.165) is 31.2 Å². The average Bonchev–Trinajstić information content (AvgIpc) is 3.12. The number of nitrogens with one attached hydrogen (secondary N) is 2. The first-order valence-corrected chi connectivity index (χ1v) is 9.65. The average molecular weight is 397 g/mol. The molecule has 2 amide bonds. The van der Waals surface area contributed by atoms with Crippen LogP contribution in [-0.4, -0.2) is 24.1 Å². The van der Waals surface area contributed by atoms with Crippen LogP contribution in [0.5, 0.6) is 0 Å². The van der Waals surface area contributed by atoms with Crippen molar-refractivity contribution in [2.45, 2.75) is 52.0 Å². The topological polar surface area (TPSA) is 75.3 Å². The highest BCUT2D eigenvalue weighted by Gasteiger charge is 2.31. The summed E-state index contributed by atoms with van der Waals surface area (Å²) < 4.78 is 13.6. The van der Waals surface area contributed by atoms with Crippen LogP contribution in [0.1, 0.15) is 57.6 Å². The van der Waals surface area contributed by atoms with Crippen molar-refractivity contribution in [1.29, 1.82) is 0 Å². The Bertz CT molecular complexity index is 704. The van der Waals surface area contributed by atoms with Crippen molar-refractivity contribution in [3.05, 3.63) is 34.6 Å². The number of amides is 2. The van der Waals surface area contributed by atoms with Gasteiger partial charge >= 0.3 is 0 Å². The van der Waals surface area contributed by atoms with Gasteiger partial charge in [-0.15, -0.1) is 0 Å². The second-order valence-electron chi connectivity index (χ2n) is 7.24. The largest absolute Gasteiger partial charge is 0.356 e. The van der Waals surface area contributed by atoms with E-state index in [1.54, 1.807) is 12.1 Å². The van der Waals surface area contributed by atoms with Gasteiger partial charge < -0.3 is 15.4 Å². The highest BCUT2D eigenvalue weighted by atomic mass is 35.5. The molecule has 0 radical (unpaired) electrons. The van der Waals surface area contributed by atoms with Crippen molar-refractivity contribution in [3.8, 4) is 0 Å². The third-order valence-electron chi connectivity index (χ3n) is 4.97. The van der Waals surface area contributed by atoms with E-state index in [1.807, 2.05) is 0 Å². The summed E-state index contributed by atoms with van der Waals surface area (Å²) >= 11 is 5.94. The first-order valence-electron chi connectivity index (χ1n) is 9.27. The second-order valence-corrected chi connectivity index (χ2v) is 7.65. The van der Waals surface area contributed by atoms with E-state index < -0.39 is 11.7 Å². The number of benzene rings is 1. The Balaban J connectivity index is 2.20. The Morgan fingerprint density at radius 1 is 1.22 bits per heavy atom. The maximum Gasteiger partial charge on any atom is 0.225 e. The molecular weight excluding hydrogens is 371 g/mol. The van der Waals surface area contributed by atoms with E-state index in [2.05, 4.69) is 10.6 Å². The zero-order chi connectivity index (χ0) is 20.0. The van der Waals surface area contributed by atoms with Crippen molar-refractivity contribution in [2.24, 2.45) is 11.8 Å². The third-order valence-corrected chi connectivity index (χ3v) is 5.26. The lowest BCUT2D eigenvalue weighted by Crippen LogP contribution is -2.42. The van der Waals surface area contributed by atoms with E-state index in [-0.39, 0.29) is 47.5 Å². The van der Waals surface area contributed by atoms with Crippen LogP contribution in [0.15, 0.2) is 18.2 Å². The maximum absolute atomic E-state index is 13.6. The fourth-order valence-corrected chi connectivity index (χ4v) is 3.80. The molecule has 1 aliphatic rings. The summed E-state index contributed by atoms with van der Waals surface area (Å²) in [6.45, 7) is 2.88. The van der Waals surface area contributed by atoms with Gasteiger partial charge in [0, 0.05) is 19.9 Å². The van der Waals surface area contributed by atoms with Crippen LogP contribution in [-0.2, 0) is 14.4 Å². The van der Waals surface area contributed by atoms with E-state index >= 15 is 0 Å². The summed E-state index contributed by atoms with van der Waals surface area (Å²) in [5.41, 5.74) is 0.753. The van der Waals surface area contributed by atoms with Gasteiger partial charge in [-0.1, -0.05) is 30.5 Å². The molecule has 0 aromatic heterocycles. The fraction of sp³-hybridized carbons (Fsp3) is 0.550. The van der Waals surface area contributed by atoms with Gasteiger partial charge in [0.05, 0.1) is 17.0 Å². The van der Waals surface area contributed by atoms with Gasteiger partial charge in [-0.25, -0.2) is 4.39 Å². The quantitative estimate of drug-likeness (QED) is 0.705. The summed E-state index contributed by atoms with van der Waals surface area (Å²) in [7, 11) is 0. The minimum absolute atomic E-state index is 0.0169. The number of rotatable bonds is 8. The molecule has 1 saturated carbocycles. The zero-order valence-corrected chi connectivity index (χ0v) is 16.4. The predicted octanol–water partition coefficient (Wildman–Crippen LogP) is 3.56. The summed E-state index contributed by atoms with van der Waals surface area (Å²) in [6, 6.07) is 4.19. The number of Topliss-reactive ketones (excluding diaryl/α,β-unsaturated/α-hetero) is 1. The zero-order valence-electron chi connectivity index (χ0n) is 15.7. The lowest BCUT2D eigenvalue weighted by molar-refractivity contribution is -0.130. The monoisotopic (exact) mass is 396 g/mol. The molecular formula is C20H26ClFN2O3. The van der Waals surface area contributed by atoms with Crippen LogP contribution in [0, 0.1) is 17.7 Å². The summed E-state index contributed by atoms with van der Waals surface area (Å²) in [5, 5.41) is 5.65. The number of hydrogen-bond donors (Lipinski definition) is 2. The lowest BCUT2D eigenvalue weighted by Gasteiger charge is -2.27. The molecule has 0 unspecified atom stereocenters. The second kappa shape index (κ2) is 9.83. The van der Waals surface area contributed by atoms with Crippen LogP contribution < -0.4 is 10.6 Å². The molecule has 7 heteroatoms. The van der Waals surface area contributed by atoms with Gasteiger partial charge in [0.25, 0.3) is 0 Å². The Kier molecular flexibility index (Phi) is 7.78. The van der Waals surface area contributed by atoms with Gasteiger partial charge in [0.15, 0.2) is 0 Å². The minimum atomic E-state index is -0.647. The summed E-state index contributed by atoms with van der Waals surface area (Å²) in [4.78, 5) is 35.6. The fourth-order valence-electron chi connectivity index (χ4n) is 3.61. The van der Waals surface area contributed by atoms with Crippen molar-refractivity contribution in [3.63, 3.8) is 0 Å². The van der Waals surface area contributed by atoms with Crippen LogP contribution >= 0.6 is 11.6 Å². The Morgan fingerprint density at radius 3 is 2.44 bits per heavy atom. The van der Waals surface area contributed by atoms with E-state index in [0.29, 0.717) is 0 Å². The van der Waals surface area contributed by atoms with Crippen molar-refractivity contribution in [1.82, 2.24) is 10.6 Å². The number of hydrogen-bond acceptors (Lipinski definition) is 3. The molecule has 0 spiro atoms. The maximum atomic E-state index is 13.6. The SMILES string of the molecule is CC(=O)C[C@H](CNC(C)=O)C(=O)N[C@H](c1ccc(F)c(Cl)c1)C1CCCC1. The Hall–Kier alpha value is -1.95. The molecule has 2 atom stereocenters. The summed E-state index contributed by atoms with van der Waals surface area (Å²) in [5.74, 6) is -1.59. The Morgan fingerprint density at radius 2 is 1.89 bits per heavy atom. The predicted molar refractivity (Wildman–Crippen MR) is 102 cm³/mol. The van der Waals surface area contributed by atoms with Crippen LogP contribution in [0.4, 0.5) is 4.39 Å². The van der Waals surface area contributed by atoms with Crippen molar-refractivity contribution in [2.75, 3.05) is 6.54 Å². The molecule has 1 aromatic carbocycles. The highest BCUT2D eigenvalue weighted by molar-refractivity contribution is 6.30. The van der Waals surface area contributed by atoms with Gasteiger partial charge in [-0.05, 0) is 43.4 Å². The Labute approximate surface area is 164 Å². The first kappa shape index (κ1) is 21.4. The smallest absolute Gasteiger partial charge is 0.225 e. The third kappa shape index (κ3) is 6.31. The van der Waals surface area contributed by atoms with Gasteiger partial charge in [0.2, 0.25) is 11.8 Å². The molecule has 0 bridgehead atoms. The molecule has 1 aliphatic carbocycles. The summed E-state index contributed by atoms with van der Waals surface area (Å²) in [6.07, 6.45) is 4.13. The number of carbonyl (C=O) groups is 3. The lowest BCUT2D eigenvalue weighted by atomic mass is 9.90.